The van der Waals surface area contributed by atoms with E-state index in [2.05, 4.69) is 25.8 Å². The Kier molecular flexibility index (Phi) is 2.36. The third kappa shape index (κ3) is 1.76. The molecular weight excluding hydrogens is 148 g/mol. The molecule has 66 valence electrons. The number of hydrogen-bond acceptors (Lipinski definition) is 2. The van der Waals surface area contributed by atoms with Crippen molar-refractivity contribution in [1.29, 1.82) is 0 Å². The topological polar surface area (TPSA) is 38.9 Å². The second-order valence-electron chi connectivity index (χ2n) is 3.71. The van der Waals surface area contributed by atoms with Gasteiger partial charge in [0.1, 0.15) is 5.82 Å². The lowest BCUT2D eigenvalue weighted by Gasteiger charge is -2.22. The van der Waals surface area contributed by atoms with Crippen LogP contribution in [0.15, 0.2) is 18.3 Å². The van der Waals surface area contributed by atoms with Crippen molar-refractivity contribution in [1.82, 2.24) is 4.98 Å². The van der Waals surface area contributed by atoms with Crippen LogP contribution in [-0.2, 0) is 5.41 Å². The van der Waals surface area contributed by atoms with Gasteiger partial charge in [-0.1, -0.05) is 26.8 Å². The van der Waals surface area contributed by atoms with Crippen LogP contribution in [0.1, 0.15) is 32.8 Å². The Morgan fingerprint density at radius 1 is 1.42 bits per heavy atom. The molecule has 0 fully saturated rings. The van der Waals surface area contributed by atoms with Crippen LogP contribution in [0.4, 0.5) is 5.82 Å². The first-order chi connectivity index (χ1) is 5.56. The number of nitrogens with zero attached hydrogens (tertiary/aromatic N) is 1. The summed E-state index contributed by atoms with van der Waals surface area (Å²) in [6.07, 6.45) is 2.97. The van der Waals surface area contributed by atoms with Crippen LogP contribution in [0.3, 0.4) is 0 Å². The average Bonchev–Trinajstić information content (AvgIpc) is 2.05. The SMILES string of the molecule is CCC(C)(C)c1ccc(N)nc1. The summed E-state index contributed by atoms with van der Waals surface area (Å²) in [4.78, 5) is 4.07. The third-order valence-corrected chi connectivity index (χ3v) is 2.45. The van der Waals surface area contributed by atoms with Crippen molar-refractivity contribution in [3.05, 3.63) is 23.9 Å². The molecule has 2 nitrogen and oxygen atoms in total. The zero-order chi connectivity index (χ0) is 9.19. The van der Waals surface area contributed by atoms with E-state index in [1.54, 1.807) is 0 Å². The summed E-state index contributed by atoms with van der Waals surface area (Å²) >= 11 is 0. The number of nitrogen functional groups attached to an aromatic ring is 1. The van der Waals surface area contributed by atoms with Crippen LogP contribution in [0.2, 0.25) is 0 Å². The highest BCUT2D eigenvalue weighted by atomic mass is 14.8. The predicted molar refractivity (Wildman–Crippen MR) is 52.0 cm³/mol. The van der Waals surface area contributed by atoms with E-state index in [1.165, 1.54) is 5.56 Å². The Morgan fingerprint density at radius 2 is 2.08 bits per heavy atom. The van der Waals surface area contributed by atoms with Crippen LogP contribution >= 0.6 is 0 Å². The van der Waals surface area contributed by atoms with Gasteiger partial charge in [-0.3, -0.25) is 0 Å². The smallest absolute Gasteiger partial charge is 0.123 e. The van der Waals surface area contributed by atoms with Crippen LogP contribution in [0, 0.1) is 0 Å². The summed E-state index contributed by atoms with van der Waals surface area (Å²) in [7, 11) is 0. The maximum atomic E-state index is 5.50. The fourth-order valence-electron chi connectivity index (χ4n) is 1.01. The molecule has 0 radical (unpaired) electrons. The normalized spacial score (nSPS) is 11.6. The third-order valence-electron chi connectivity index (χ3n) is 2.45. The maximum absolute atomic E-state index is 5.50. The van der Waals surface area contributed by atoms with Gasteiger partial charge in [0.15, 0.2) is 0 Å². The van der Waals surface area contributed by atoms with Gasteiger partial charge in [0.25, 0.3) is 0 Å². The van der Waals surface area contributed by atoms with E-state index >= 15 is 0 Å². The molecule has 12 heavy (non-hydrogen) atoms. The highest BCUT2D eigenvalue weighted by Gasteiger charge is 2.17. The summed E-state index contributed by atoms with van der Waals surface area (Å²) in [6, 6.07) is 3.90. The molecule has 0 saturated heterocycles. The molecule has 0 aliphatic rings. The molecule has 0 saturated carbocycles. The molecule has 0 bridgehead atoms. The number of anilines is 1. The highest BCUT2D eigenvalue weighted by Crippen LogP contribution is 2.25. The van der Waals surface area contributed by atoms with Gasteiger partial charge in [-0.15, -0.1) is 0 Å². The monoisotopic (exact) mass is 164 g/mol. The van der Waals surface area contributed by atoms with Crippen molar-refractivity contribution >= 4 is 5.82 Å². The van der Waals surface area contributed by atoms with Crippen molar-refractivity contribution in [2.75, 3.05) is 5.73 Å². The number of pyridine rings is 1. The molecule has 1 aromatic rings. The predicted octanol–water partition coefficient (Wildman–Crippen LogP) is 2.35. The molecule has 0 aromatic carbocycles. The molecule has 0 amide bonds. The van der Waals surface area contributed by atoms with Gasteiger partial charge in [0, 0.05) is 6.20 Å². The minimum atomic E-state index is 0.209. The Balaban J connectivity index is 2.96. The second kappa shape index (κ2) is 3.13. The first-order valence-corrected chi connectivity index (χ1v) is 4.28. The lowest BCUT2D eigenvalue weighted by atomic mass is 9.83. The molecule has 0 spiro atoms. The van der Waals surface area contributed by atoms with E-state index in [4.69, 9.17) is 5.73 Å². The summed E-state index contributed by atoms with van der Waals surface area (Å²) in [5.41, 5.74) is 6.96. The number of nitrogens with two attached hydrogens (primary N) is 1. The fraction of sp³-hybridized carbons (Fsp3) is 0.500. The number of aromatic nitrogens is 1. The Bertz CT molecular complexity index is 249. The maximum Gasteiger partial charge on any atom is 0.123 e. The first-order valence-electron chi connectivity index (χ1n) is 4.28. The molecular formula is C10H16N2. The second-order valence-corrected chi connectivity index (χ2v) is 3.71. The van der Waals surface area contributed by atoms with E-state index in [1.807, 2.05) is 18.3 Å². The minimum absolute atomic E-state index is 0.209. The standard InChI is InChI=1S/C10H16N2/c1-4-10(2,3)8-5-6-9(11)12-7-8/h5-7H,4H2,1-3H3,(H2,11,12). The highest BCUT2D eigenvalue weighted by molar-refractivity contribution is 5.32. The summed E-state index contributed by atoms with van der Waals surface area (Å²) in [5, 5.41) is 0. The van der Waals surface area contributed by atoms with Gasteiger partial charge in [-0.05, 0) is 23.5 Å². The molecule has 1 aromatic heterocycles. The van der Waals surface area contributed by atoms with Crippen LogP contribution in [0.5, 0.6) is 0 Å². The van der Waals surface area contributed by atoms with E-state index in [-0.39, 0.29) is 5.41 Å². The van der Waals surface area contributed by atoms with Gasteiger partial charge < -0.3 is 5.73 Å². The Morgan fingerprint density at radius 3 is 2.50 bits per heavy atom. The van der Waals surface area contributed by atoms with E-state index in [0.29, 0.717) is 5.82 Å². The first kappa shape index (κ1) is 9.04. The summed E-state index contributed by atoms with van der Waals surface area (Å²) in [5.74, 6) is 0.589. The Hall–Kier alpha value is -1.05. The molecule has 2 N–H and O–H groups in total. The molecule has 1 rings (SSSR count). The van der Waals surface area contributed by atoms with Crippen LogP contribution in [0.25, 0.3) is 0 Å². The van der Waals surface area contributed by atoms with Gasteiger partial charge in [-0.2, -0.15) is 0 Å². The molecule has 0 atom stereocenters. The fourth-order valence-corrected chi connectivity index (χ4v) is 1.01. The lowest BCUT2D eigenvalue weighted by Crippen LogP contribution is -2.15. The van der Waals surface area contributed by atoms with Crippen LogP contribution in [-0.4, -0.2) is 4.98 Å². The molecule has 2 heteroatoms. The van der Waals surface area contributed by atoms with Crippen molar-refractivity contribution in [2.45, 2.75) is 32.6 Å². The van der Waals surface area contributed by atoms with E-state index in [9.17, 15) is 0 Å². The molecule has 1 heterocycles. The quantitative estimate of drug-likeness (QED) is 0.728. The van der Waals surface area contributed by atoms with Crippen molar-refractivity contribution in [2.24, 2.45) is 0 Å². The zero-order valence-corrected chi connectivity index (χ0v) is 7.96. The van der Waals surface area contributed by atoms with Crippen molar-refractivity contribution in [3.63, 3.8) is 0 Å². The van der Waals surface area contributed by atoms with E-state index in [0.717, 1.165) is 6.42 Å². The molecule has 0 unspecified atom stereocenters. The molecule has 0 aliphatic heterocycles. The Labute approximate surface area is 73.8 Å². The summed E-state index contributed by atoms with van der Waals surface area (Å²) in [6.45, 7) is 6.59. The lowest BCUT2D eigenvalue weighted by molar-refractivity contribution is 0.504. The van der Waals surface area contributed by atoms with Crippen molar-refractivity contribution in [3.8, 4) is 0 Å². The number of hydrogen-bond donors (Lipinski definition) is 1. The average molecular weight is 164 g/mol. The van der Waals surface area contributed by atoms with Gasteiger partial charge >= 0.3 is 0 Å². The van der Waals surface area contributed by atoms with Gasteiger partial charge in [-0.25, -0.2) is 4.98 Å². The largest absolute Gasteiger partial charge is 0.384 e. The minimum Gasteiger partial charge on any atom is -0.384 e. The number of rotatable bonds is 2. The summed E-state index contributed by atoms with van der Waals surface area (Å²) < 4.78 is 0. The molecule has 0 aliphatic carbocycles. The van der Waals surface area contributed by atoms with E-state index < -0.39 is 0 Å². The van der Waals surface area contributed by atoms with Gasteiger partial charge in [0.2, 0.25) is 0 Å². The zero-order valence-electron chi connectivity index (χ0n) is 7.96. The van der Waals surface area contributed by atoms with Crippen molar-refractivity contribution < 1.29 is 0 Å². The van der Waals surface area contributed by atoms with Gasteiger partial charge in [0.05, 0.1) is 0 Å². The van der Waals surface area contributed by atoms with Crippen LogP contribution < -0.4 is 5.73 Å².